The fraction of sp³-hybridized carbons (Fsp3) is 0.200. The van der Waals surface area contributed by atoms with E-state index in [9.17, 15) is 18.4 Å². The van der Waals surface area contributed by atoms with Gasteiger partial charge in [0.2, 0.25) is 5.91 Å². The van der Waals surface area contributed by atoms with Crippen molar-refractivity contribution < 1.29 is 22.5 Å². The zero-order valence-corrected chi connectivity index (χ0v) is 15.8. The van der Waals surface area contributed by atoms with Crippen molar-refractivity contribution >= 4 is 17.0 Å². The first-order chi connectivity index (χ1) is 14.4. The Hall–Kier alpha value is -3.82. The summed E-state index contributed by atoms with van der Waals surface area (Å²) in [6.45, 7) is 2.09. The van der Waals surface area contributed by atoms with Crippen LogP contribution in [-0.4, -0.2) is 20.6 Å². The maximum absolute atomic E-state index is 13.6. The first kappa shape index (κ1) is 19.5. The number of nitrogens with zero attached hydrogens (tertiary/aromatic N) is 3. The van der Waals surface area contributed by atoms with Gasteiger partial charge >= 0.3 is 0 Å². The molecule has 1 N–H and O–H groups in total. The lowest BCUT2D eigenvalue weighted by Gasteiger charge is -2.06. The fourth-order valence-electron chi connectivity index (χ4n) is 3.00. The SMILES string of the molecule is Cc1ccc(CNC(=O)CCn2cnc3onc(-c4cc(F)cc(F)c4)c3c2=O)o1. The molecular formula is C20H16F2N4O4. The van der Waals surface area contributed by atoms with Gasteiger partial charge in [0, 0.05) is 24.6 Å². The Morgan fingerprint density at radius 1 is 1.20 bits per heavy atom. The maximum atomic E-state index is 13.6. The molecular weight excluding hydrogens is 398 g/mol. The van der Waals surface area contributed by atoms with Gasteiger partial charge in [-0.3, -0.25) is 14.2 Å². The number of fused-ring (bicyclic) bond motifs is 1. The predicted molar refractivity (Wildman–Crippen MR) is 101 cm³/mol. The van der Waals surface area contributed by atoms with Crippen molar-refractivity contribution in [3.63, 3.8) is 0 Å². The number of aromatic nitrogens is 3. The zero-order valence-electron chi connectivity index (χ0n) is 15.8. The molecule has 0 fully saturated rings. The molecule has 0 unspecified atom stereocenters. The van der Waals surface area contributed by atoms with Gasteiger partial charge in [0.25, 0.3) is 11.3 Å². The average Bonchev–Trinajstić information content (AvgIpc) is 3.31. The number of furan rings is 1. The number of carbonyl (C=O) groups excluding carboxylic acids is 1. The highest BCUT2D eigenvalue weighted by Crippen LogP contribution is 2.25. The molecule has 154 valence electrons. The standard InChI is InChI=1S/C20H16F2N4O4/c1-11-2-3-15(29-11)9-23-16(27)4-5-26-10-24-19-17(20(26)28)18(25-30-19)12-6-13(21)8-14(22)7-12/h2-3,6-8,10H,4-5,9H2,1H3,(H,23,27). The summed E-state index contributed by atoms with van der Waals surface area (Å²) < 4.78 is 38.7. The minimum absolute atomic E-state index is 0.0159. The number of carbonyl (C=O) groups is 1. The van der Waals surface area contributed by atoms with E-state index in [2.05, 4.69) is 15.5 Å². The lowest BCUT2D eigenvalue weighted by molar-refractivity contribution is -0.121. The van der Waals surface area contributed by atoms with Crippen molar-refractivity contribution in [2.24, 2.45) is 0 Å². The summed E-state index contributed by atoms with van der Waals surface area (Å²) in [5.41, 5.74) is -0.564. The van der Waals surface area contributed by atoms with Crippen LogP contribution < -0.4 is 10.9 Å². The van der Waals surface area contributed by atoms with Crippen LogP contribution in [0, 0.1) is 18.6 Å². The molecule has 0 aliphatic rings. The normalized spacial score (nSPS) is 11.2. The second kappa shape index (κ2) is 7.90. The van der Waals surface area contributed by atoms with E-state index in [-0.39, 0.29) is 47.8 Å². The Morgan fingerprint density at radius 3 is 2.67 bits per heavy atom. The van der Waals surface area contributed by atoms with Crippen LogP contribution in [0.15, 0.2) is 50.4 Å². The number of hydrogen-bond acceptors (Lipinski definition) is 6. The van der Waals surface area contributed by atoms with Gasteiger partial charge in [-0.15, -0.1) is 0 Å². The van der Waals surface area contributed by atoms with E-state index in [1.54, 1.807) is 19.1 Å². The third-order valence-corrected chi connectivity index (χ3v) is 4.43. The monoisotopic (exact) mass is 414 g/mol. The van der Waals surface area contributed by atoms with Crippen molar-refractivity contribution in [3.05, 3.63) is 70.2 Å². The van der Waals surface area contributed by atoms with Crippen LogP contribution >= 0.6 is 0 Å². The number of aryl methyl sites for hydroxylation is 2. The van der Waals surface area contributed by atoms with E-state index in [0.717, 1.165) is 17.9 Å². The van der Waals surface area contributed by atoms with Gasteiger partial charge in [-0.1, -0.05) is 5.16 Å². The molecule has 0 aliphatic heterocycles. The van der Waals surface area contributed by atoms with Crippen molar-refractivity contribution in [3.8, 4) is 11.3 Å². The Labute approximate surface area is 168 Å². The number of halogens is 2. The van der Waals surface area contributed by atoms with Crippen molar-refractivity contribution in [1.82, 2.24) is 20.0 Å². The van der Waals surface area contributed by atoms with Crippen molar-refractivity contribution in [2.45, 2.75) is 26.4 Å². The minimum Gasteiger partial charge on any atom is -0.465 e. The number of rotatable bonds is 6. The number of hydrogen-bond donors (Lipinski definition) is 1. The van der Waals surface area contributed by atoms with Gasteiger partial charge in [0.05, 0.1) is 6.54 Å². The molecule has 0 aliphatic carbocycles. The fourth-order valence-corrected chi connectivity index (χ4v) is 3.00. The Balaban J connectivity index is 1.53. The molecule has 3 heterocycles. The van der Waals surface area contributed by atoms with Crippen LogP contribution in [0.2, 0.25) is 0 Å². The van der Waals surface area contributed by atoms with Crippen LogP contribution in [-0.2, 0) is 17.9 Å². The summed E-state index contributed by atoms with van der Waals surface area (Å²) in [5.74, 6) is -0.540. The van der Waals surface area contributed by atoms with E-state index in [1.165, 1.54) is 10.9 Å². The molecule has 1 aromatic carbocycles. The molecule has 0 radical (unpaired) electrons. The van der Waals surface area contributed by atoms with E-state index in [4.69, 9.17) is 8.94 Å². The lowest BCUT2D eigenvalue weighted by Crippen LogP contribution is -2.27. The smallest absolute Gasteiger partial charge is 0.266 e. The number of amides is 1. The molecule has 0 saturated heterocycles. The molecule has 0 bridgehead atoms. The molecule has 30 heavy (non-hydrogen) atoms. The van der Waals surface area contributed by atoms with Crippen LogP contribution in [0.25, 0.3) is 22.4 Å². The lowest BCUT2D eigenvalue weighted by atomic mass is 10.1. The molecule has 1 amide bonds. The predicted octanol–water partition coefficient (Wildman–Crippen LogP) is 2.94. The van der Waals surface area contributed by atoms with Crippen LogP contribution in [0.5, 0.6) is 0 Å². The summed E-state index contributed by atoms with van der Waals surface area (Å²) in [6, 6.07) is 6.36. The highest BCUT2D eigenvalue weighted by atomic mass is 19.1. The summed E-state index contributed by atoms with van der Waals surface area (Å²) in [5, 5.41) is 6.42. The second-order valence-electron chi connectivity index (χ2n) is 6.65. The van der Waals surface area contributed by atoms with E-state index in [1.807, 2.05) is 0 Å². The van der Waals surface area contributed by atoms with Gasteiger partial charge in [-0.05, 0) is 31.2 Å². The summed E-state index contributed by atoms with van der Waals surface area (Å²) in [6.07, 6.45) is 1.25. The van der Waals surface area contributed by atoms with Gasteiger partial charge in [-0.2, -0.15) is 0 Å². The summed E-state index contributed by atoms with van der Waals surface area (Å²) in [7, 11) is 0. The first-order valence-electron chi connectivity index (χ1n) is 9.04. The highest BCUT2D eigenvalue weighted by molar-refractivity contribution is 5.88. The molecule has 8 nitrogen and oxygen atoms in total. The van der Waals surface area contributed by atoms with Gasteiger partial charge in [-0.25, -0.2) is 13.8 Å². The number of benzene rings is 1. The molecule has 4 aromatic rings. The van der Waals surface area contributed by atoms with Crippen LogP contribution in [0.3, 0.4) is 0 Å². The minimum atomic E-state index is -0.811. The van der Waals surface area contributed by atoms with Crippen LogP contribution in [0.1, 0.15) is 17.9 Å². The largest absolute Gasteiger partial charge is 0.465 e. The molecule has 0 atom stereocenters. The molecule has 0 saturated carbocycles. The van der Waals surface area contributed by atoms with E-state index >= 15 is 0 Å². The van der Waals surface area contributed by atoms with Crippen molar-refractivity contribution in [1.29, 1.82) is 0 Å². The van der Waals surface area contributed by atoms with Gasteiger partial charge in [0.15, 0.2) is 0 Å². The first-order valence-corrected chi connectivity index (χ1v) is 9.04. The Bertz CT molecular complexity index is 1270. The van der Waals surface area contributed by atoms with E-state index < -0.39 is 17.2 Å². The molecule has 4 rings (SSSR count). The van der Waals surface area contributed by atoms with Gasteiger partial charge in [0.1, 0.15) is 40.6 Å². The van der Waals surface area contributed by atoms with Gasteiger partial charge < -0.3 is 14.3 Å². The van der Waals surface area contributed by atoms with Crippen molar-refractivity contribution in [2.75, 3.05) is 0 Å². The number of nitrogens with one attached hydrogen (secondary N) is 1. The molecule has 10 heteroatoms. The highest BCUT2D eigenvalue weighted by Gasteiger charge is 2.18. The molecule has 3 aromatic heterocycles. The maximum Gasteiger partial charge on any atom is 0.266 e. The Kier molecular flexibility index (Phi) is 5.13. The quantitative estimate of drug-likeness (QED) is 0.520. The second-order valence-corrected chi connectivity index (χ2v) is 6.65. The topological polar surface area (TPSA) is 103 Å². The Morgan fingerprint density at radius 2 is 1.97 bits per heavy atom. The molecule has 0 spiro atoms. The van der Waals surface area contributed by atoms with Crippen LogP contribution in [0.4, 0.5) is 8.78 Å². The zero-order chi connectivity index (χ0) is 21.3. The van der Waals surface area contributed by atoms with E-state index in [0.29, 0.717) is 11.8 Å². The third-order valence-electron chi connectivity index (χ3n) is 4.43. The third kappa shape index (κ3) is 3.97. The summed E-state index contributed by atoms with van der Waals surface area (Å²) >= 11 is 0. The summed E-state index contributed by atoms with van der Waals surface area (Å²) in [4.78, 5) is 28.9. The average molecular weight is 414 g/mol.